The summed E-state index contributed by atoms with van der Waals surface area (Å²) >= 11 is 1.49. The second kappa shape index (κ2) is 6.28. The molecule has 0 unspecified atom stereocenters. The molecule has 0 aromatic heterocycles. The van der Waals surface area contributed by atoms with Crippen molar-refractivity contribution in [2.24, 2.45) is 0 Å². The van der Waals surface area contributed by atoms with E-state index in [1.54, 1.807) is 0 Å². The van der Waals surface area contributed by atoms with E-state index >= 15 is 0 Å². The summed E-state index contributed by atoms with van der Waals surface area (Å²) in [4.78, 5) is 17.1. The van der Waals surface area contributed by atoms with E-state index < -0.39 is 5.97 Å². The van der Waals surface area contributed by atoms with Crippen molar-refractivity contribution < 1.29 is 9.90 Å². The molecule has 5 heteroatoms. The molecule has 0 spiro atoms. The zero-order valence-electron chi connectivity index (χ0n) is 13.2. The minimum Gasteiger partial charge on any atom is -0.478 e. The van der Waals surface area contributed by atoms with Crippen LogP contribution in [-0.2, 0) is 0 Å². The van der Waals surface area contributed by atoms with Crippen LogP contribution in [0.5, 0.6) is 0 Å². The summed E-state index contributed by atoms with van der Waals surface area (Å²) in [6.45, 7) is 10.3. The summed E-state index contributed by atoms with van der Waals surface area (Å²) in [6, 6.07) is 5.75. The molecule has 4 nitrogen and oxygen atoms in total. The first-order valence-corrected chi connectivity index (χ1v) is 8.47. The van der Waals surface area contributed by atoms with Gasteiger partial charge in [-0.15, -0.1) is 11.8 Å². The molecule has 1 N–H and O–H groups in total. The fourth-order valence-corrected chi connectivity index (χ4v) is 3.40. The van der Waals surface area contributed by atoms with Crippen LogP contribution in [-0.4, -0.2) is 53.9 Å². The Balaban J connectivity index is 2.23. The maximum Gasteiger partial charge on any atom is 0.338 e. The van der Waals surface area contributed by atoms with Crippen LogP contribution >= 0.6 is 11.8 Å². The van der Waals surface area contributed by atoms with Gasteiger partial charge in [-0.1, -0.05) is 6.07 Å². The van der Waals surface area contributed by atoms with Crippen LogP contribution in [0.2, 0.25) is 0 Å². The van der Waals surface area contributed by atoms with Crippen molar-refractivity contribution in [1.82, 2.24) is 4.90 Å². The van der Waals surface area contributed by atoms with Crippen LogP contribution < -0.4 is 4.90 Å². The van der Waals surface area contributed by atoms with Gasteiger partial charge in [-0.05, 0) is 39.2 Å². The van der Waals surface area contributed by atoms with Crippen LogP contribution in [0.1, 0.15) is 31.1 Å². The number of benzene rings is 1. The molecule has 0 aliphatic carbocycles. The lowest BCUT2D eigenvalue weighted by Crippen LogP contribution is -2.53. The molecule has 0 radical (unpaired) electrons. The molecular formula is C16H24N2O2S. The Morgan fingerprint density at radius 1 is 1.19 bits per heavy atom. The number of hydrogen-bond donors (Lipinski definition) is 1. The molecule has 1 aliphatic heterocycles. The first-order chi connectivity index (χ1) is 9.84. The number of carboxylic acid groups (broad SMARTS) is 1. The average Bonchev–Trinajstić information content (AvgIpc) is 2.45. The molecule has 1 fully saturated rings. The van der Waals surface area contributed by atoms with Crippen molar-refractivity contribution >= 4 is 23.4 Å². The molecule has 0 amide bonds. The van der Waals surface area contributed by atoms with Gasteiger partial charge in [-0.3, -0.25) is 4.90 Å². The molecule has 1 heterocycles. The second-order valence-electron chi connectivity index (χ2n) is 6.30. The Bertz CT molecular complexity index is 517. The quantitative estimate of drug-likeness (QED) is 0.870. The van der Waals surface area contributed by atoms with E-state index in [1.807, 2.05) is 24.5 Å². The van der Waals surface area contributed by atoms with Crippen LogP contribution in [0.4, 0.5) is 5.69 Å². The lowest BCUT2D eigenvalue weighted by atomic mass is 10.0. The molecule has 21 heavy (non-hydrogen) atoms. The highest BCUT2D eigenvalue weighted by molar-refractivity contribution is 7.98. The molecule has 0 atom stereocenters. The van der Waals surface area contributed by atoms with Gasteiger partial charge in [0, 0.05) is 36.6 Å². The topological polar surface area (TPSA) is 43.8 Å². The monoisotopic (exact) mass is 308 g/mol. The van der Waals surface area contributed by atoms with Gasteiger partial charge in [0.1, 0.15) is 0 Å². The fraction of sp³-hybridized carbons (Fsp3) is 0.562. The zero-order chi connectivity index (χ0) is 15.6. The van der Waals surface area contributed by atoms with Gasteiger partial charge >= 0.3 is 5.97 Å². The molecule has 1 aromatic rings. The van der Waals surface area contributed by atoms with Crippen molar-refractivity contribution in [2.75, 3.05) is 37.3 Å². The van der Waals surface area contributed by atoms with E-state index in [4.69, 9.17) is 0 Å². The van der Waals surface area contributed by atoms with E-state index in [9.17, 15) is 9.90 Å². The third-order valence-corrected chi connectivity index (χ3v) is 4.79. The third kappa shape index (κ3) is 3.52. The molecule has 1 aromatic carbocycles. The number of carboxylic acids is 1. The number of rotatable bonds is 3. The SMILES string of the molecule is CSc1cccc(N2CCN(C(C)(C)C)CC2)c1C(=O)O. The standard InChI is InChI=1S/C16H24N2O2S/c1-16(2,3)18-10-8-17(9-11-18)12-6-5-7-13(21-4)14(12)15(19)20/h5-7H,8-11H2,1-4H3,(H,19,20). The number of nitrogens with zero attached hydrogens (tertiary/aromatic N) is 2. The highest BCUT2D eigenvalue weighted by atomic mass is 32.2. The number of carbonyl (C=O) groups is 1. The number of thioether (sulfide) groups is 1. The van der Waals surface area contributed by atoms with Gasteiger partial charge in [0.05, 0.1) is 11.3 Å². The van der Waals surface area contributed by atoms with Crippen molar-refractivity contribution in [3.05, 3.63) is 23.8 Å². The number of hydrogen-bond acceptors (Lipinski definition) is 4. The van der Waals surface area contributed by atoms with Gasteiger partial charge in [0.15, 0.2) is 0 Å². The second-order valence-corrected chi connectivity index (χ2v) is 7.15. The van der Waals surface area contributed by atoms with Gasteiger partial charge < -0.3 is 10.0 Å². The summed E-state index contributed by atoms with van der Waals surface area (Å²) in [5.74, 6) is -0.840. The van der Waals surface area contributed by atoms with Crippen molar-refractivity contribution in [1.29, 1.82) is 0 Å². The smallest absolute Gasteiger partial charge is 0.338 e. The number of anilines is 1. The van der Waals surface area contributed by atoms with Crippen molar-refractivity contribution in [3.8, 4) is 0 Å². The van der Waals surface area contributed by atoms with E-state index in [0.717, 1.165) is 36.8 Å². The summed E-state index contributed by atoms with van der Waals surface area (Å²) in [5, 5.41) is 9.54. The molecule has 1 saturated heterocycles. The normalized spacial score (nSPS) is 17.0. The number of piperazine rings is 1. The van der Waals surface area contributed by atoms with E-state index in [0.29, 0.717) is 5.56 Å². The van der Waals surface area contributed by atoms with Crippen molar-refractivity contribution in [3.63, 3.8) is 0 Å². The average molecular weight is 308 g/mol. The molecular weight excluding hydrogens is 284 g/mol. The van der Waals surface area contributed by atoms with Gasteiger partial charge in [-0.25, -0.2) is 4.79 Å². The van der Waals surface area contributed by atoms with E-state index in [2.05, 4.69) is 30.6 Å². The Morgan fingerprint density at radius 2 is 1.81 bits per heavy atom. The minimum atomic E-state index is -0.840. The van der Waals surface area contributed by atoms with Gasteiger partial charge in [-0.2, -0.15) is 0 Å². The molecule has 0 saturated carbocycles. The highest BCUT2D eigenvalue weighted by Gasteiger charge is 2.28. The summed E-state index contributed by atoms with van der Waals surface area (Å²) in [6.07, 6.45) is 1.92. The lowest BCUT2D eigenvalue weighted by molar-refractivity contribution is 0.0693. The number of aromatic carboxylic acids is 1. The predicted molar refractivity (Wildman–Crippen MR) is 88.7 cm³/mol. The molecule has 1 aliphatic rings. The Morgan fingerprint density at radius 3 is 2.29 bits per heavy atom. The maximum absolute atomic E-state index is 11.6. The molecule has 2 rings (SSSR count). The zero-order valence-corrected chi connectivity index (χ0v) is 14.0. The van der Waals surface area contributed by atoms with Crippen LogP contribution in [0.15, 0.2) is 23.1 Å². The minimum absolute atomic E-state index is 0.169. The van der Waals surface area contributed by atoms with E-state index in [1.165, 1.54) is 11.8 Å². The largest absolute Gasteiger partial charge is 0.478 e. The fourth-order valence-electron chi connectivity index (χ4n) is 2.79. The van der Waals surface area contributed by atoms with Crippen LogP contribution in [0.3, 0.4) is 0 Å². The molecule has 0 bridgehead atoms. The third-order valence-electron chi connectivity index (χ3n) is 4.01. The Kier molecular flexibility index (Phi) is 4.84. The summed E-state index contributed by atoms with van der Waals surface area (Å²) < 4.78 is 0. The first-order valence-electron chi connectivity index (χ1n) is 7.25. The van der Waals surface area contributed by atoms with E-state index in [-0.39, 0.29) is 5.54 Å². The Hall–Kier alpha value is -1.20. The summed E-state index contributed by atoms with van der Waals surface area (Å²) in [7, 11) is 0. The van der Waals surface area contributed by atoms with Crippen molar-refractivity contribution in [2.45, 2.75) is 31.2 Å². The van der Waals surface area contributed by atoms with Gasteiger partial charge in [0.2, 0.25) is 0 Å². The summed E-state index contributed by atoms with van der Waals surface area (Å²) in [5.41, 5.74) is 1.46. The lowest BCUT2D eigenvalue weighted by Gasteiger charge is -2.43. The van der Waals surface area contributed by atoms with Crippen LogP contribution in [0, 0.1) is 0 Å². The Labute approximate surface area is 131 Å². The first kappa shape index (κ1) is 16.2. The van der Waals surface area contributed by atoms with Crippen LogP contribution in [0.25, 0.3) is 0 Å². The molecule has 116 valence electrons. The highest BCUT2D eigenvalue weighted by Crippen LogP contribution is 2.31. The van der Waals surface area contributed by atoms with Gasteiger partial charge in [0.25, 0.3) is 0 Å². The predicted octanol–water partition coefficient (Wildman–Crippen LogP) is 3.03. The maximum atomic E-state index is 11.6.